The van der Waals surface area contributed by atoms with Crippen molar-refractivity contribution < 1.29 is 14.7 Å². The standard InChI is InChI=1S/C17H17NO3S2/c1-18(10-11-2-4-12(5-3-11)17(20)21)16(19)15-13-6-8-22-14(13)7-9-23-15/h2-6,8,15H,7,9-10H2,1H3,(H,20,21). The number of carbonyl (C=O) groups is 2. The molecule has 0 saturated heterocycles. The minimum absolute atomic E-state index is 0.108. The predicted molar refractivity (Wildman–Crippen MR) is 93.1 cm³/mol. The fraction of sp³-hybridized carbons (Fsp3) is 0.294. The Morgan fingerprint density at radius 1 is 1.26 bits per heavy atom. The first kappa shape index (κ1) is 16.1. The minimum Gasteiger partial charge on any atom is -0.478 e. The Morgan fingerprint density at radius 2 is 2.00 bits per heavy atom. The van der Waals surface area contributed by atoms with Gasteiger partial charge in [-0.2, -0.15) is 0 Å². The van der Waals surface area contributed by atoms with Crippen molar-refractivity contribution >= 4 is 35.0 Å². The van der Waals surface area contributed by atoms with Gasteiger partial charge in [0.15, 0.2) is 0 Å². The molecule has 23 heavy (non-hydrogen) atoms. The number of hydrogen-bond acceptors (Lipinski definition) is 4. The zero-order valence-corrected chi connectivity index (χ0v) is 14.3. The number of amides is 1. The van der Waals surface area contributed by atoms with E-state index in [1.165, 1.54) is 4.88 Å². The molecule has 0 bridgehead atoms. The molecule has 1 atom stereocenters. The number of carboxylic acid groups (broad SMARTS) is 1. The van der Waals surface area contributed by atoms with Crippen molar-refractivity contribution in [2.75, 3.05) is 12.8 Å². The van der Waals surface area contributed by atoms with Crippen LogP contribution >= 0.6 is 23.1 Å². The third-order valence-electron chi connectivity index (χ3n) is 3.90. The summed E-state index contributed by atoms with van der Waals surface area (Å²) in [7, 11) is 1.80. The van der Waals surface area contributed by atoms with Gasteiger partial charge in [-0.05, 0) is 46.9 Å². The zero-order chi connectivity index (χ0) is 16.4. The Labute approximate surface area is 143 Å². The number of benzene rings is 1. The van der Waals surface area contributed by atoms with Gasteiger partial charge in [-0.25, -0.2) is 4.79 Å². The number of nitrogens with zero attached hydrogens (tertiary/aromatic N) is 1. The zero-order valence-electron chi connectivity index (χ0n) is 12.7. The molecule has 1 unspecified atom stereocenters. The highest BCUT2D eigenvalue weighted by atomic mass is 32.2. The molecule has 0 aliphatic carbocycles. The van der Waals surface area contributed by atoms with Gasteiger partial charge in [-0.15, -0.1) is 23.1 Å². The summed E-state index contributed by atoms with van der Waals surface area (Å²) < 4.78 is 0. The van der Waals surface area contributed by atoms with Crippen LogP contribution in [0.25, 0.3) is 0 Å². The van der Waals surface area contributed by atoms with Crippen LogP contribution in [0.4, 0.5) is 0 Å². The van der Waals surface area contributed by atoms with E-state index < -0.39 is 5.97 Å². The van der Waals surface area contributed by atoms with Crippen LogP contribution in [0.1, 0.15) is 31.6 Å². The lowest BCUT2D eigenvalue weighted by Crippen LogP contribution is -2.31. The van der Waals surface area contributed by atoms with E-state index in [1.807, 2.05) is 0 Å². The third-order valence-corrected chi connectivity index (χ3v) is 6.12. The van der Waals surface area contributed by atoms with Crippen LogP contribution in [0.15, 0.2) is 35.7 Å². The third kappa shape index (κ3) is 3.43. The minimum atomic E-state index is -0.940. The van der Waals surface area contributed by atoms with Crippen molar-refractivity contribution in [3.63, 3.8) is 0 Å². The molecule has 0 saturated carbocycles. The number of thiophene rings is 1. The summed E-state index contributed by atoms with van der Waals surface area (Å²) in [5.41, 5.74) is 2.34. The van der Waals surface area contributed by atoms with Gasteiger partial charge in [0.25, 0.3) is 0 Å². The predicted octanol–water partition coefficient (Wildman–Crippen LogP) is 3.44. The fourth-order valence-corrected chi connectivity index (χ4v) is 5.06. The molecular weight excluding hydrogens is 330 g/mol. The summed E-state index contributed by atoms with van der Waals surface area (Å²) in [5, 5.41) is 10.9. The van der Waals surface area contributed by atoms with Crippen LogP contribution < -0.4 is 0 Å². The topological polar surface area (TPSA) is 57.6 Å². The average Bonchev–Trinajstić information content (AvgIpc) is 3.03. The molecule has 0 radical (unpaired) electrons. The number of carbonyl (C=O) groups excluding carboxylic acids is 1. The van der Waals surface area contributed by atoms with E-state index in [4.69, 9.17) is 5.11 Å². The molecule has 1 aliphatic heterocycles. The molecule has 4 nitrogen and oxygen atoms in total. The smallest absolute Gasteiger partial charge is 0.335 e. The number of aryl methyl sites for hydroxylation is 1. The Balaban J connectivity index is 1.70. The number of hydrogen-bond donors (Lipinski definition) is 1. The molecule has 1 amide bonds. The summed E-state index contributed by atoms with van der Waals surface area (Å²) in [6, 6.07) is 8.73. The number of fused-ring (bicyclic) bond motifs is 1. The first-order valence-electron chi connectivity index (χ1n) is 7.31. The molecular formula is C17H17NO3S2. The van der Waals surface area contributed by atoms with Crippen molar-refractivity contribution in [2.24, 2.45) is 0 Å². The lowest BCUT2D eigenvalue weighted by Gasteiger charge is -2.26. The van der Waals surface area contributed by atoms with E-state index in [9.17, 15) is 9.59 Å². The van der Waals surface area contributed by atoms with Crippen molar-refractivity contribution in [2.45, 2.75) is 18.2 Å². The van der Waals surface area contributed by atoms with Crippen molar-refractivity contribution in [1.82, 2.24) is 4.90 Å². The highest BCUT2D eigenvalue weighted by Crippen LogP contribution is 2.40. The number of rotatable bonds is 4. The van der Waals surface area contributed by atoms with Crippen LogP contribution in [-0.4, -0.2) is 34.7 Å². The fourth-order valence-electron chi connectivity index (χ4n) is 2.66. The second-order valence-electron chi connectivity index (χ2n) is 5.50. The maximum Gasteiger partial charge on any atom is 0.335 e. The second kappa shape index (κ2) is 6.76. The summed E-state index contributed by atoms with van der Waals surface area (Å²) >= 11 is 3.43. The molecule has 2 aromatic rings. The maximum absolute atomic E-state index is 12.8. The molecule has 3 rings (SSSR count). The van der Waals surface area contributed by atoms with E-state index in [-0.39, 0.29) is 16.7 Å². The second-order valence-corrected chi connectivity index (χ2v) is 7.71. The highest BCUT2D eigenvalue weighted by Gasteiger charge is 2.30. The van der Waals surface area contributed by atoms with Crippen LogP contribution in [0.5, 0.6) is 0 Å². The van der Waals surface area contributed by atoms with Gasteiger partial charge >= 0.3 is 5.97 Å². The number of thioether (sulfide) groups is 1. The van der Waals surface area contributed by atoms with Gasteiger partial charge in [0.05, 0.1) is 5.56 Å². The van der Waals surface area contributed by atoms with Crippen LogP contribution in [-0.2, 0) is 17.8 Å². The Kier molecular flexibility index (Phi) is 4.73. The normalized spacial score (nSPS) is 16.7. The lowest BCUT2D eigenvalue weighted by atomic mass is 10.1. The maximum atomic E-state index is 12.8. The van der Waals surface area contributed by atoms with Crippen LogP contribution in [0.3, 0.4) is 0 Å². The summed E-state index contributed by atoms with van der Waals surface area (Å²) in [6.45, 7) is 0.481. The van der Waals surface area contributed by atoms with E-state index in [1.54, 1.807) is 59.3 Å². The Morgan fingerprint density at radius 3 is 2.70 bits per heavy atom. The number of aromatic carboxylic acids is 1. The molecule has 120 valence electrons. The SMILES string of the molecule is CN(Cc1ccc(C(=O)O)cc1)C(=O)C1SCCc2sccc21. The van der Waals surface area contributed by atoms with Gasteiger partial charge in [0, 0.05) is 18.5 Å². The molecule has 1 aromatic heterocycles. The van der Waals surface area contributed by atoms with Gasteiger partial charge in [0.1, 0.15) is 5.25 Å². The van der Waals surface area contributed by atoms with Gasteiger partial charge in [-0.1, -0.05) is 12.1 Å². The highest BCUT2D eigenvalue weighted by molar-refractivity contribution is 8.00. The van der Waals surface area contributed by atoms with Crippen molar-refractivity contribution in [1.29, 1.82) is 0 Å². The van der Waals surface area contributed by atoms with E-state index in [2.05, 4.69) is 11.4 Å². The van der Waals surface area contributed by atoms with Crippen LogP contribution in [0.2, 0.25) is 0 Å². The van der Waals surface area contributed by atoms with E-state index in [0.29, 0.717) is 6.54 Å². The van der Waals surface area contributed by atoms with E-state index >= 15 is 0 Å². The first-order chi connectivity index (χ1) is 11.1. The van der Waals surface area contributed by atoms with E-state index in [0.717, 1.165) is 23.3 Å². The lowest BCUT2D eigenvalue weighted by molar-refractivity contribution is -0.130. The number of likely N-dealkylation sites (N-methyl/N-ethyl adjacent to an activating group) is 1. The van der Waals surface area contributed by atoms with Gasteiger partial charge < -0.3 is 10.0 Å². The molecule has 6 heteroatoms. The number of carboxylic acids is 1. The summed E-state index contributed by atoms with van der Waals surface area (Å²) in [4.78, 5) is 26.7. The molecule has 1 N–H and O–H groups in total. The molecule has 1 aromatic carbocycles. The first-order valence-corrected chi connectivity index (χ1v) is 9.24. The molecule has 2 heterocycles. The quantitative estimate of drug-likeness (QED) is 0.920. The Hall–Kier alpha value is -1.79. The van der Waals surface area contributed by atoms with Gasteiger partial charge in [0.2, 0.25) is 5.91 Å². The molecule has 0 fully saturated rings. The Bertz CT molecular complexity index is 724. The largest absolute Gasteiger partial charge is 0.478 e. The summed E-state index contributed by atoms with van der Waals surface area (Å²) in [5.74, 6) is 0.145. The summed E-state index contributed by atoms with van der Waals surface area (Å²) in [6.07, 6.45) is 1.04. The average molecular weight is 347 g/mol. The molecule has 1 aliphatic rings. The molecule has 0 spiro atoms. The van der Waals surface area contributed by atoms with Crippen molar-refractivity contribution in [3.05, 3.63) is 57.3 Å². The monoisotopic (exact) mass is 347 g/mol. The van der Waals surface area contributed by atoms with Gasteiger partial charge in [-0.3, -0.25) is 4.79 Å². The van der Waals surface area contributed by atoms with Crippen molar-refractivity contribution in [3.8, 4) is 0 Å². The van der Waals surface area contributed by atoms with Crippen LogP contribution in [0, 0.1) is 0 Å².